The van der Waals surface area contributed by atoms with Gasteiger partial charge in [0.2, 0.25) is 0 Å². The summed E-state index contributed by atoms with van der Waals surface area (Å²) in [7, 11) is 1.08. The van der Waals surface area contributed by atoms with Crippen molar-refractivity contribution >= 4 is 45.2 Å². The maximum atomic E-state index is 2.99. The summed E-state index contributed by atoms with van der Waals surface area (Å²) in [6.07, 6.45) is 12.9. The number of aromatic amines is 1. The summed E-state index contributed by atoms with van der Waals surface area (Å²) >= 11 is 0. The zero-order chi connectivity index (χ0) is 12.3. The molecule has 0 bridgehead atoms. The van der Waals surface area contributed by atoms with Gasteiger partial charge in [0.05, 0.1) is 0 Å². The predicted octanol–water partition coefficient (Wildman–Crippen LogP) is 5.80. The number of aromatic nitrogens is 1. The molecule has 0 atom stereocenters. The van der Waals surface area contributed by atoms with Crippen molar-refractivity contribution in [2.75, 3.05) is 0 Å². The van der Waals surface area contributed by atoms with Gasteiger partial charge in [-0.15, -0.1) is 55.1 Å². The van der Waals surface area contributed by atoms with Crippen LogP contribution in [0, 0.1) is 27.1 Å². The second-order valence-corrected chi connectivity index (χ2v) is 4.50. The molecule has 1 aliphatic rings. The van der Waals surface area contributed by atoms with Crippen LogP contribution < -0.4 is 0 Å². The fourth-order valence-electron chi connectivity index (χ4n) is 1.27. The van der Waals surface area contributed by atoms with Gasteiger partial charge in [-0.1, -0.05) is 25.2 Å². The largest absolute Gasteiger partial charge is 4.00 e. The minimum absolute atomic E-state index is 0. The van der Waals surface area contributed by atoms with Crippen LogP contribution >= 0.6 is 24.8 Å². The maximum Gasteiger partial charge on any atom is 4.00 e. The van der Waals surface area contributed by atoms with Crippen LogP contribution in [0.4, 0.5) is 0 Å². The first-order chi connectivity index (χ1) is 8.38. The van der Waals surface area contributed by atoms with E-state index in [0.29, 0.717) is 0 Å². The summed E-state index contributed by atoms with van der Waals surface area (Å²) in [5, 5.41) is 1.22. The van der Waals surface area contributed by atoms with Crippen molar-refractivity contribution in [3.63, 3.8) is 0 Å². The average Bonchev–Trinajstić information content (AvgIpc) is 3.05. The molecular formula is C17H25Cl2NSiZr. The molecule has 2 aromatic rings. The molecule has 0 amide bonds. The number of hydrogen-bond donors (Lipinski definition) is 1. The van der Waals surface area contributed by atoms with Gasteiger partial charge in [0, 0.05) is 9.52 Å². The molecule has 22 heavy (non-hydrogen) atoms. The third-order valence-corrected chi connectivity index (χ3v) is 1.98. The third-order valence-electron chi connectivity index (χ3n) is 1.98. The molecule has 0 spiro atoms. The van der Waals surface area contributed by atoms with E-state index < -0.39 is 0 Å². The van der Waals surface area contributed by atoms with Gasteiger partial charge in [0.1, 0.15) is 0 Å². The van der Waals surface area contributed by atoms with Gasteiger partial charge >= 0.3 is 26.2 Å². The molecule has 1 aromatic heterocycles. The van der Waals surface area contributed by atoms with Crippen LogP contribution in [0.3, 0.4) is 0 Å². The van der Waals surface area contributed by atoms with E-state index >= 15 is 0 Å². The smallest absolute Gasteiger partial charge is 0.477 e. The molecule has 1 aliphatic carbocycles. The van der Waals surface area contributed by atoms with E-state index in [1.54, 1.807) is 0 Å². The molecule has 0 saturated heterocycles. The number of para-hydroxylation sites is 1. The third kappa shape index (κ3) is 14.8. The van der Waals surface area contributed by atoms with Crippen LogP contribution in [0.15, 0.2) is 48.6 Å². The van der Waals surface area contributed by atoms with Crippen LogP contribution in [0.5, 0.6) is 0 Å². The molecule has 0 aliphatic heterocycles. The maximum absolute atomic E-state index is 2.99. The Hall–Kier alpha value is -0.0800. The number of hydrogen-bond acceptors (Lipinski definition) is 0. The van der Waals surface area contributed by atoms with Gasteiger partial charge < -0.3 is 19.8 Å². The van der Waals surface area contributed by atoms with Crippen molar-refractivity contribution in [3.8, 4) is 0 Å². The molecule has 0 saturated carbocycles. The Morgan fingerprint density at radius 2 is 1.68 bits per heavy atom. The topological polar surface area (TPSA) is 15.8 Å². The molecule has 1 heterocycles. The molecule has 3 rings (SSSR count). The first-order valence-electron chi connectivity index (χ1n) is 5.62. The predicted molar refractivity (Wildman–Crippen MR) is 104 cm³/mol. The Labute approximate surface area is 170 Å². The minimum atomic E-state index is 0. The Bertz CT molecular complexity index is 444. The van der Waals surface area contributed by atoms with Crippen LogP contribution in [-0.4, -0.2) is 14.5 Å². The number of H-pyrrole nitrogens is 1. The van der Waals surface area contributed by atoms with Crippen LogP contribution in [-0.2, 0) is 26.2 Å². The number of rotatable bonds is 0. The van der Waals surface area contributed by atoms with Crippen molar-refractivity contribution in [1.82, 2.24) is 4.98 Å². The van der Waals surface area contributed by atoms with E-state index in [2.05, 4.69) is 42.5 Å². The number of benzene rings is 1. The zero-order valence-electron chi connectivity index (χ0n) is 13.6. The number of allylic oxidation sites excluding steroid dienone is 4. The second kappa shape index (κ2) is 23.2. The molecule has 0 unspecified atom stereocenters. The molecule has 1 nitrogen and oxygen atoms in total. The van der Waals surface area contributed by atoms with E-state index in [-0.39, 0.29) is 65.9 Å². The summed E-state index contributed by atoms with van der Waals surface area (Å²) in [5.74, 6) is 0. The fraction of sp³-hybridized carbons (Fsp3) is 0.176. The van der Waals surface area contributed by atoms with Crippen LogP contribution in [0.1, 0.15) is 6.42 Å². The summed E-state index contributed by atoms with van der Waals surface area (Å²) < 4.78 is 0. The molecule has 120 valence electrons. The van der Waals surface area contributed by atoms with E-state index in [1.165, 1.54) is 5.39 Å². The van der Waals surface area contributed by atoms with Crippen molar-refractivity contribution in [3.05, 3.63) is 75.7 Å². The van der Waals surface area contributed by atoms with Gasteiger partial charge in [-0.05, 0) is 0 Å². The Balaban J connectivity index is -0.0000000662. The van der Waals surface area contributed by atoms with Gasteiger partial charge in [0.25, 0.3) is 0 Å². The molecular weight excluding hydrogens is 408 g/mol. The summed E-state index contributed by atoms with van der Waals surface area (Å²) in [6, 6.07) is 10.1. The second-order valence-electron chi connectivity index (χ2n) is 3.50. The first kappa shape index (κ1) is 33.5. The summed E-state index contributed by atoms with van der Waals surface area (Å²) in [5.41, 5.74) is 1.15. The van der Waals surface area contributed by atoms with Crippen LogP contribution in [0.25, 0.3) is 10.9 Å². The molecule has 1 N–H and O–H groups in total. The molecule has 2 radical (unpaired) electrons. The quantitative estimate of drug-likeness (QED) is 0.399. The van der Waals surface area contributed by atoms with Crippen LogP contribution in [0.2, 0.25) is 13.1 Å². The Morgan fingerprint density at radius 1 is 1.09 bits per heavy atom. The molecule has 5 heteroatoms. The number of halogens is 2. The first-order valence-corrected chi connectivity index (χ1v) is 7.62. The van der Waals surface area contributed by atoms with E-state index in [4.69, 9.17) is 0 Å². The Morgan fingerprint density at radius 3 is 2.09 bits per heavy atom. The average molecular weight is 434 g/mol. The van der Waals surface area contributed by atoms with Gasteiger partial charge in [-0.2, -0.15) is 17.5 Å². The van der Waals surface area contributed by atoms with Crippen molar-refractivity contribution in [2.45, 2.75) is 19.5 Å². The fourth-order valence-corrected chi connectivity index (χ4v) is 1.27. The number of fused-ring (bicyclic) bond motifs is 1. The Kier molecular flexibility index (Phi) is 35.3. The summed E-state index contributed by atoms with van der Waals surface area (Å²) in [4.78, 5) is 2.99. The van der Waals surface area contributed by atoms with Gasteiger partial charge in [-0.25, -0.2) is 12.2 Å². The minimum Gasteiger partial charge on any atom is -0.477 e. The molecule has 0 fully saturated rings. The van der Waals surface area contributed by atoms with E-state index in [0.717, 1.165) is 21.5 Å². The molecule has 1 aromatic carbocycles. The normalized spacial score (nSPS) is 9.00. The monoisotopic (exact) mass is 431 g/mol. The van der Waals surface area contributed by atoms with E-state index in [1.807, 2.05) is 36.4 Å². The van der Waals surface area contributed by atoms with Gasteiger partial charge in [-0.3, -0.25) is 6.08 Å². The van der Waals surface area contributed by atoms with E-state index in [9.17, 15) is 0 Å². The standard InChI is InChI=1S/C8H6N.C5H5.C2H6Si.2CH3.2ClH.Zr/c1-2-4-8-7(3-1)5-6-9-8;1-2-4-5-3-1;1-3-2;;;;;/h1-5,9H;1-3H,4H2;1-2H3;2*1H3;2*1H;/q2*-1;;2*-1;;;+4. The van der Waals surface area contributed by atoms with Crippen molar-refractivity contribution in [2.24, 2.45) is 0 Å². The number of nitrogens with one attached hydrogen (secondary N) is 1. The summed E-state index contributed by atoms with van der Waals surface area (Å²) in [6.45, 7) is 4.31. The SMILES string of the molecule is C[Si]C.Cl.Cl.[C-]1=CC=CC1.[CH3-].[CH3-].[Zr+4].[c-]1cc2ccccc2[nH]1. The van der Waals surface area contributed by atoms with Crippen molar-refractivity contribution in [1.29, 1.82) is 0 Å². The van der Waals surface area contributed by atoms with Crippen molar-refractivity contribution < 1.29 is 26.2 Å². The van der Waals surface area contributed by atoms with Gasteiger partial charge in [0.15, 0.2) is 0 Å². The zero-order valence-corrected chi connectivity index (χ0v) is 18.7.